The van der Waals surface area contributed by atoms with Crippen LogP contribution in [0.4, 0.5) is 0 Å². The molecule has 3 rings (SSSR count). The van der Waals surface area contributed by atoms with Crippen molar-refractivity contribution in [3.63, 3.8) is 0 Å². The van der Waals surface area contributed by atoms with Crippen LogP contribution in [0, 0.1) is 0 Å². The summed E-state index contributed by atoms with van der Waals surface area (Å²) in [5.41, 5.74) is 2.53. The Hall–Kier alpha value is -1.80. The Morgan fingerprint density at radius 3 is 1.91 bits per heavy atom. The summed E-state index contributed by atoms with van der Waals surface area (Å²) in [5.74, 6) is 0. The molecular formula is C26H37NO5. The first-order chi connectivity index (χ1) is 15.9. The maximum Gasteiger partial charge on any atom is 0.0724 e. The van der Waals surface area contributed by atoms with Crippen LogP contribution in [0.3, 0.4) is 0 Å². The topological polar surface area (TPSA) is 49.4 Å². The van der Waals surface area contributed by atoms with Gasteiger partial charge in [-0.05, 0) is 17.5 Å². The molecular weight excluding hydrogens is 406 g/mol. The van der Waals surface area contributed by atoms with Gasteiger partial charge in [0, 0.05) is 26.2 Å². The van der Waals surface area contributed by atoms with Crippen LogP contribution in [0.2, 0.25) is 0 Å². The van der Waals surface area contributed by atoms with Gasteiger partial charge < -0.3 is 23.7 Å². The van der Waals surface area contributed by atoms with Gasteiger partial charge in [0.15, 0.2) is 0 Å². The van der Waals surface area contributed by atoms with E-state index < -0.39 is 0 Å². The summed E-state index contributed by atoms with van der Waals surface area (Å²) in [5, 5.41) is 0. The predicted molar refractivity (Wildman–Crippen MR) is 125 cm³/mol. The second-order valence-corrected chi connectivity index (χ2v) is 7.88. The monoisotopic (exact) mass is 443 g/mol. The fourth-order valence-corrected chi connectivity index (χ4v) is 3.58. The minimum absolute atomic E-state index is 0.242. The van der Waals surface area contributed by atoms with Crippen LogP contribution in [-0.4, -0.2) is 76.9 Å². The van der Waals surface area contributed by atoms with Crippen molar-refractivity contribution in [3.05, 3.63) is 71.8 Å². The largest absolute Gasteiger partial charge is 0.379 e. The van der Waals surface area contributed by atoms with Crippen molar-refractivity contribution < 1.29 is 23.7 Å². The molecule has 2 aromatic carbocycles. The van der Waals surface area contributed by atoms with Crippen molar-refractivity contribution in [3.8, 4) is 0 Å². The third-order valence-electron chi connectivity index (χ3n) is 5.28. The number of hydrogen-bond donors (Lipinski definition) is 0. The van der Waals surface area contributed by atoms with Gasteiger partial charge in [-0.15, -0.1) is 0 Å². The van der Waals surface area contributed by atoms with Gasteiger partial charge in [-0.1, -0.05) is 60.7 Å². The van der Waals surface area contributed by atoms with Gasteiger partial charge >= 0.3 is 0 Å². The summed E-state index contributed by atoms with van der Waals surface area (Å²) in [6.07, 6.45) is 1.16. The van der Waals surface area contributed by atoms with E-state index >= 15 is 0 Å². The summed E-state index contributed by atoms with van der Waals surface area (Å²) >= 11 is 0. The predicted octanol–water partition coefficient (Wildman–Crippen LogP) is 3.54. The first kappa shape index (κ1) is 24.8. The van der Waals surface area contributed by atoms with Gasteiger partial charge in [0.1, 0.15) is 0 Å². The lowest BCUT2D eigenvalue weighted by atomic mass is 10.1. The highest BCUT2D eigenvalue weighted by Gasteiger charge is 2.20. The van der Waals surface area contributed by atoms with E-state index in [4.69, 9.17) is 23.7 Å². The normalized spacial score (nSPS) is 16.9. The van der Waals surface area contributed by atoms with Gasteiger partial charge in [0.05, 0.1) is 59.0 Å². The Labute approximate surface area is 192 Å². The molecule has 32 heavy (non-hydrogen) atoms. The standard InChI is InChI=1S/C26H37NO5/c1-3-7-24(8-4-1)21-27-12-14-32-26(22-27)11-13-28-15-16-29-17-18-30-19-20-31-23-25-9-5-2-6-10-25/h1-10,26H,11-23H2. The molecule has 1 saturated heterocycles. The van der Waals surface area contributed by atoms with Crippen LogP contribution in [0.1, 0.15) is 17.5 Å². The van der Waals surface area contributed by atoms with Crippen LogP contribution in [0.25, 0.3) is 0 Å². The third kappa shape index (κ3) is 10.7. The molecule has 1 aliphatic rings. The summed E-state index contributed by atoms with van der Waals surface area (Å²) in [7, 11) is 0. The molecule has 1 atom stereocenters. The first-order valence-electron chi connectivity index (χ1n) is 11.6. The van der Waals surface area contributed by atoms with Gasteiger partial charge in [0.25, 0.3) is 0 Å². The minimum Gasteiger partial charge on any atom is -0.379 e. The zero-order valence-corrected chi connectivity index (χ0v) is 19.0. The van der Waals surface area contributed by atoms with Gasteiger partial charge in [-0.2, -0.15) is 0 Å². The zero-order valence-electron chi connectivity index (χ0n) is 19.0. The average molecular weight is 444 g/mol. The number of morpholine rings is 1. The molecule has 0 amide bonds. The van der Waals surface area contributed by atoms with Crippen molar-refractivity contribution in [2.75, 3.05) is 65.9 Å². The van der Waals surface area contributed by atoms with Crippen LogP contribution in [0.5, 0.6) is 0 Å². The second kappa shape index (κ2) is 15.9. The van der Waals surface area contributed by atoms with E-state index in [1.807, 2.05) is 18.2 Å². The van der Waals surface area contributed by atoms with E-state index in [-0.39, 0.29) is 6.10 Å². The molecule has 176 valence electrons. The molecule has 1 heterocycles. The van der Waals surface area contributed by atoms with E-state index in [2.05, 4.69) is 47.4 Å². The van der Waals surface area contributed by atoms with Gasteiger partial charge in [-0.25, -0.2) is 0 Å². The number of benzene rings is 2. The van der Waals surface area contributed by atoms with Crippen LogP contribution < -0.4 is 0 Å². The number of rotatable bonds is 16. The molecule has 1 unspecified atom stereocenters. The Morgan fingerprint density at radius 1 is 0.688 bits per heavy atom. The van der Waals surface area contributed by atoms with Crippen molar-refractivity contribution in [2.24, 2.45) is 0 Å². The van der Waals surface area contributed by atoms with Crippen molar-refractivity contribution in [1.29, 1.82) is 0 Å². The molecule has 6 heteroatoms. The lowest BCUT2D eigenvalue weighted by molar-refractivity contribution is -0.0505. The lowest BCUT2D eigenvalue weighted by Crippen LogP contribution is -2.42. The second-order valence-electron chi connectivity index (χ2n) is 7.88. The minimum atomic E-state index is 0.242. The molecule has 2 aromatic rings. The quantitative estimate of drug-likeness (QED) is 0.370. The molecule has 6 nitrogen and oxygen atoms in total. The highest BCUT2D eigenvalue weighted by Crippen LogP contribution is 2.12. The fourth-order valence-electron chi connectivity index (χ4n) is 3.58. The zero-order chi connectivity index (χ0) is 22.1. The van der Waals surface area contributed by atoms with E-state index in [1.54, 1.807) is 0 Å². The summed E-state index contributed by atoms with van der Waals surface area (Å²) in [6.45, 7) is 8.53. The Morgan fingerprint density at radius 2 is 1.25 bits per heavy atom. The molecule has 1 aliphatic heterocycles. The third-order valence-corrected chi connectivity index (χ3v) is 5.28. The lowest BCUT2D eigenvalue weighted by Gasteiger charge is -2.33. The molecule has 0 radical (unpaired) electrons. The van der Waals surface area contributed by atoms with Crippen molar-refractivity contribution in [1.82, 2.24) is 4.90 Å². The molecule has 1 fully saturated rings. The molecule has 0 bridgehead atoms. The smallest absolute Gasteiger partial charge is 0.0724 e. The van der Waals surface area contributed by atoms with Gasteiger partial charge in [-0.3, -0.25) is 4.90 Å². The van der Waals surface area contributed by atoms with Crippen molar-refractivity contribution in [2.45, 2.75) is 25.7 Å². The SMILES string of the molecule is c1ccc(COCCOCCOCCOCCC2CN(Cc3ccccc3)CCO2)cc1. The Kier molecular flexibility index (Phi) is 12.3. The van der Waals surface area contributed by atoms with Gasteiger partial charge in [0.2, 0.25) is 0 Å². The van der Waals surface area contributed by atoms with E-state index in [0.717, 1.165) is 32.7 Å². The Balaban J connectivity index is 1.09. The van der Waals surface area contributed by atoms with Crippen LogP contribution in [-0.2, 0) is 36.8 Å². The molecule has 0 saturated carbocycles. The fraction of sp³-hybridized carbons (Fsp3) is 0.538. The summed E-state index contributed by atoms with van der Waals surface area (Å²) in [4.78, 5) is 2.46. The molecule has 0 N–H and O–H groups in total. The summed E-state index contributed by atoms with van der Waals surface area (Å²) < 4.78 is 28.3. The number of ether oxygens (including phenoxy) is 5. The highest BCUT2D eigenvalue weighted by atomic mass is 16.6. The molecule has 0 spiro atoms. The van der Waals surface area contributed by atoms with Crippen molar-refractivity contribution >= 4 is 0 Å². The molecule has 0 aromatic heterocycles. The number of nitrogens with zero attached hydrogens (tertiary/aromatic N) is 1. The Bertz CT molecular complexity index is 700. The maximum atomic E-state index is 5.89. The van der Waals surface area contributed by atoms with Crippen LogP contribution in [0.15, 0.2) is 60.7 Å². The summed E-state index contributed by atoms with van der Waals surface area (Å²) in [6, 6.07) is 20.7. The average Bonchev–Trinajstić information content (AvgIpc) is 2.83. The number of hydrogen-bond acceptors (Lipinski definition) is 6. The van der Waals surface area contributed by atoms with Crippen LogP contribution >= 0.6 is 0 Å². The maximum absolute atomic E-state index is 5.89. The molecule has 0 aliphatic carbocycles. The first-order valence-corrected chi connectivity index (χ1v) is 11.6. The van der Waals surface area contributed by atoms with E-state index in [1.165, 1.54) is 11.1 Å². The van der Waals surface area contributed by atoms with E-state index in [0.29, 0.717) is 52.9 Å². The van der Waals surface area contributed by atoms with E-state index in [9.17, 15) is 0 Å². The highest BCUT2D eigenvalue weighted by molar-refractivity contribution is 5.14.